The Labute approximate surface area is 144 Å². The molecule has 1 aliphatic heterocycles. The summed E-state index contributed by atoms with van der Waals surface area (Å²) in [4.78, 5) is 14.1. The summed E-state index contributed by atoms with van der Waals surface area (Å²) in [6, 6.07) is 8.41. The lowest BCUT2D eigenvalue weighted by Gasteiger charge is -2.35. The maximum absolute atomic E-state index is 11.6. The van der Waals surface area contributed by atoms with Gasteiger partial charge in [0.25, 0.3) is 0 Å². The highest BCUT2D eigenvalue weighted by atomic mass is 16.5. The van der Waals surface area contributed by atoms with Gasteiger partial charge in [0.1, 0.15) is 5.75 Å². The van der Waals surface area contributed by atoms with Crippen LogP contribution in [0.3, 0.4) is 0 Å². The number of piperidine rings is 1. The van der Waals surface area contributed by atoms with Crippen molar-refractivity contribution in [2.24, 2.45) is 5.73 Å². The Morgan fingerprint density at radius 1 is 1.42 bits per heavy atom. The molecule has 132 valence electrons. The molecule has 0 radical (unpaired) electrons. The molecule has 1 aromatic carbocycles. The van der Waals surface area contributed by atoms with Crippen LogP contribution in [0.5, 0.6) is 5.75 Å². The molecule has 1 aliphatic rings. The summed E-state index contributed by atoms with van der Waals surface area (Å²) in [5.41, 5.74) is 6.51. The van der Waals surface area contributed by atoms with E-state index in [0.717, 1.165) is 30.8 Å². The van der Waals surface area contributed by atoms with Crippen molar-refractivity contribution in [2.75, 3.05) is 33.3 Å². The van der Waals surface area contributed by atoms with Gasteiger partial charge in [-0.2, -0.15) is 0 Å². The van der Waals surface area contributed by atoms with E-state index in [4.69, 9.17) is 10.5 Å². The number of para-hydroxylation sites is 1. The monoisotopic (exact) mass is 331 g/mol. The van der Waals surface area contributed by atoms with Gasteiger partial charge in [-0.1, -0.05) is 36.8 Å². The van der Waals surface area contributed by atoms with E-state index in [1.54, 1.807) is 7.11 Å². The van der Waals surface area contributed by atoms with Gasteiger partial charge < -0.3 is 15.8 Å². The average molecular weight is 331 g/mol. The van der Waals surface area contributed by atoms with Crippen LogP contribution in [0.4, 0.5) is 0 Å². The molecule has 0 bridgehead atoms. The summed E-state index contributed by atoms with van der Waals surface area (Å²) in [5, 5.41) is 3.00. The van der Waals surface area contributed by atoms with Crippen LogP contribution in [-0.4, -0.2) is 50.1 Å². The molecule has 0 saturated carbocycles. The lowest BCUT2D eigenvalue weighted by Crippen LogP contribution is -2.46. The minimum absolute atomic E-state index is 0.0487. The molecule has 1 heterocycles. The Morgan fingerprint density at radius 2 is 2.25 bits per heavy atom. The first-order chi connectivity index (χ1) is 11.7. The molecule has 0 aromatic heterocycles. The van der Waals surface area contributed by atoms with Crippen molar-refractivity contribution in [3.05, 3.63) is 35.9 Å². The summed E-state index contributed by atoms with van der Waals surface area (Å²) in [6.07, 6.45) is 8.26. The van der Waals surface area contributed by atoms with Crippen LogP contribution in [0.2, 0.25) is 0 Å². The predicted molar refractivity (Wildman–Crippen MR) is 97.9 cm³/mol. The Bertz CT molecular complexity index is 545. The molecule has 1 aromatic rings. The molecule has 5 nitrogen and oxygen atoms in total. The molecule has 1 amide bonds. The first-order valence-corrected chi connectivity index (χ1v) is 8.75. The van der Waals surface area contributed by atoms with Crippen LogP contribution in [-0.2, 0) is 4.79 Å². The number of likely N-dealkylation sites (tertiary alicyclic amines) is 1. The number of benzene rings is 1. The normalized spacial score (nSPS) is 18.7. The quantitative estimate of drug-likeness (QED) is 0.765. The van der Waals surface area contributed by atoms with Crippen molar-refractivity contribution in [3.63, 3.8) is 0 Å². The van der Waals surface area contributed by atoms with E-state index < -0.39 is 0 Å². The fourth-order valence-corrected chi connectivity index (χ4v) is 3.10. The Morgan fingerprint density at radius 3 is 3.04 bits per heavy atom. The lowest BCUT2D eigenvalue weighted by atomic mass is 10.0. The van der Waals surface area contributed by atoms with Crippen LogP contribution < -0.4 is 15.8 Å². The molecule has 1 atom stereocenters. The van der Waals surface area contributed by atoms with Crippen molar-refractivity contribution in [1.82, 2.24) is 10.2 Å². The largest absolute Gasteiger partial charge is 0.496 e. The number of methoxy groups -OCH3 is 1. The van der Waals surface area contributed by atoms with Crippen molar-refractivity contribution in [3.8, 4) is 5.75 Å². The maximum Gasteiger partial charge on any atom is 0.221 e. The van der Waals surface area contributed by atoms with Gasteiger partial charge >= 0.3 is 0 Å². The second-order valence-electron chi connectivity index (χ2n) is 6.13. The van der Waals surface area contributed by atoms with E-state index in [9.17, 15) is 4.79 Å². The number of hydrogen-bond acceptors (Lipinski definition) is 4. The smallest absolute Gasteiger partial charge is 0.221 e. The fourth-order valence-electron chi connectivity index (χ4n) is 3.10. The third-order valence-corrected chi connectivity index (χ3v) is 4.43. The zero-order valence-electron chi connectivity index (χ0n) is 14.5. The fraction of sp³-hybridized carbons (Fsp3) is 0.526. The highest BCUT2D eigenvalue weighted by molar-refractivity contribution is 5.76. The number of nitrogens with zero attached hydrogens (tertiary/aromatic N) is 1. The van der Waals surface area contributed by atoms with E-state index in [0.29, 0.717) is 25.6 Å². The Kier molecular flexibility index (Phi) is 7.79. The summed E-state index contributed by atoms with van der Waals surface area (Å²) >= 11 is 0. The highest BCUT2D eigenvalue weighted by Crippen LogP contribution is 2.20. The molecule has 3 N–H and O–H groups in total. The van der Waals surface area contributed by atoms with Crippen molar-refractivity contribution >= 4 is 12.0 Å². The van der Waals surface area contributed by atoms with Crippen LogP contribution in [0.25, 0.3) is 6.08 Å². The van der Waals surface area contributed by atoms with E-state index >= 15 is 0 Å². The summed E-state index contributed by atoms with van der Waals surface area (Å²) < 4.78 is 5.37. The van der Waals surface area contributed by atoms with Gasteiger partial charge in [-0.05, 0) is 25.5 Å². The standard InChI is InChI=1S/C19H29N3O2/c1-24-18-10-3-2-7-16(18)8-6-14-22-13-5-4-9-17(22)15-21-19(23)11-12-20/h2-3,6-8,10,17H,4-5,9,11-15,20H2,1H3,(H,21,23)/b8-6+. The maximum atomic E-state index is 11.6. The number of nitrogens with two attached hydrogens (primary N) is 1. The van der Waals surface area contributed by atoms with Crippen LogP contribution in [0, 0.1) is 0 Å². The SMILES string of the molecule is COc1ccccc1/C=C/CN1CCCCC1CNC(=O)CCN. The molecule has 1 saturated heterocycles. The molecule has 0 aliphatic carbocycles. The van der Waals surface area contributed by atoms with Gasteiger partial charge in [0.05, 0.1) is 7.11 Å². The van der Waals surface area contributed by atoms with E-state index in [1.165, 1.54) is 12.8 Å². The van der Waals surface area contributed by atoms with Crippen molar-refractivity contribution in [1.29, 1.82) is 0 Å². The van der Waals surface area contributed by atoms with Crippen molar-refractivity contribution in [2.45, 2.75) is 31.7 Å². The van der Waals surface area contributed by atoms with Gasteiger partial charge in [0.2, 0.25) is 5.91 Å². The first-order valence-electron chi connectivity index (χ1n) is 8.75. The number of nitrogens with one attached hydrogen (secondary N) is 1. The topological polar surface area (TPSA) is 67.6 Å². The molecule has 0 spiro atoms. The number of ether oxygens (including phenoxy) is 1. The second-order valence-corrected chi connectivity index (χ2v) is 6.13. The second kappa shape index (κ2) is 10.1. The van der Waals surface area contributed by atoms with E-state index in [2.05, 4.69) is 28.4 Å². The summed E-state index contributed by atoms with van der Waals surface area (Å²) in [5.74, 6) is 0.936. The third-order valence-electron chi connectivity index (χ3n) is 4.43. The highest BCUT2D eigenvalue weighted by Gasteiger charge is 2.21. The molecule has 5 heteroatoms. The number of amides is 1. The number of rotatable bonds is 8. The van der Waals surface area contributed by atoms with Crippen LogP contribution >= 0.6 is 0 Å². The molecule has 24 heavy (non-hydrogen) atoms. The molecule has 2 rings (SSSR count). The predicted octanol–water partition coefficient (Wildman–Crippen LogP) is 2.03. The van der Waals surface area contributed by atoms with Crippen molar-refractivity contribution < 1.29 is 9.53 Å². The van der Waals surface area contributed by atoms with Gasteiger partial charge in [-0.15, -0.1) is 0 Å². The van der Waals surface area contributed by atoms with Gasteiger partial charge in [0, 0.05) is 37.7 Å². The molecule has 1 fully saturated rings. The minimum Gasteiger partial charge on any atom is -0.496 e. The zero-order valence-corrected chi connectivity index (χ0v) is 14.5. The van der Waals surface area contributed by atoms with Crippen LogP contribution in [0.1, 0.15) is 31.2 Å². The lowest BCUT2D eigenvalue weighted by molar-refractivity contribution is -0.121. The van der Waals surface area contributed by atoms with E-state index in [-0.39, 0.29) is 5.91 Å². The number of hydrogen-bond donors (Lipinski definition) is 2. The van der Waals surface area contributed by atoms with Crippen LogP contribution in [0.15, 0.2) is 30.3 Å². The van der Waals surface area contributed by atoms with Gasteiger partial charge in [0.15, 0.2) is 0 Å². The average Bonchev–Trinajstić information content (AvgIpc) is 2.61. The Hall–Kier alpha value is -1.85. The van der Waals surface area contributed by atoms with E-state index in [1.807, 2.05) is 18.2 Å². The zero-order chi connectivity index (χ0) is 17.2. The first kappa shape index (κ1) is 18.5. The minimum atomic E-state index is 0.0487. The third kappa shape index (κ3) is 5.65. The summed E-state index contributed by atoms with van der Waals surface area (Å²) in [6.45, 7) is 3.08. The molecule has 1 unspecified atom stereocenters. The van der Waals surface area contributed by atoms with Gasteiger partial charge in [-0.3, -0.25) is 9.69 Å². The number of carbonyl (C=O) groups is 1. The summed E-state index contributed by atoms with van der Waals surface area (Å²) in [7, 11) is 1.69. The molecular weight excluding hydrogens is 302 g/mol. The number of carbonyl (C=O) groups excluding carboxylic acids is 1. The molecular formula is C19H29N3O2. The Balaban J connectivity index is 1.88. The van der Waals surface area contributed by atoms with Gasteiger partial charge in [-0.25, -0.2) is 0 Å².